The molecule has 0 aliphatic carbocycles. The number of hydrogen-bond donors (Lipinski definition) is 1. The molecule has 0 spiro atoms. The van der Waals surface area contributed by atoms with Gasteiger partial charge in [-0.15, -0.1) is 11.3 Å². The number of carbonyl (C=O) groups is 1. The molecule has 0 saturated carbocycles. The summed E-state index contributed by atoms with van der Waals surface area (Å²) in [5.41, 5.74) is 3.52. The molecule has 0 bridgehead atoms. The van der Waals surface area contributed by atoms with Crippen molar-refractivity contribution in [3.63, 3.8) is 0 Å². The number of benzene rings is 4. The Morgan fingerprint density at radius 1 is 0.947 bits per heavy atom. The Hall–Kier alpha value is -4.97. The highest BCUT2D eigenvalue weighted by Gasteiger charge is 2.39. The average molecular weight is 827 g/mol. The largest absolute Gasteiger partial charge is 0.543 e. The van der Waals surface area contributed by atoms with E-state index < -0.39 is 26.0 Å². The van der Waals surface area contributed by atoms with Gasteiger partial charge in [0, 0.05) is 22.4 Å². The van der Waals surface area contributed by atoms with E-state index in [-0.39, 0.29) is 33.9 Å². The van der Waals surface area contributed by atoms with E-state index in [1.54, 1.807) is 45.9 Å². The van der Waals surface area contributed by atoms with Crippen LogP contribution in [0.4, 0.5) is 4.39 Å². The molecule has 6 aromatic rings. The van der Waals surface area contributed by atoms with Crippen LogP contribution < -0.4 is 13.9 Å². The predicted octanol–water partition coefficient (Wildman–Crippen LogP) is 12.1. The fraction of sp³-hybridized carbons (Fsp3) is 0.311. The average Bonchev–Trinajstić information content (AvgIpc) is 3.53. The molecule has 1 N–H and O–H groups in total. The first-order valence-corrected chi connectivity index (χ1v) is 22.8. The molecule has 0 radical (unpaired) electrons. The first-order valence-electron chi connectivity index (χ1n) is 18.7. The van der Waals surface area contributed by atoms with Gasteiger partial charge >= 0.3 is 5.97 Å². The number of thiophene rings is 1. The quantitative estimate of drug-likeness (QED) is 0.0962. The van der Waals surface area contributed by atoms with E-state index >= 15 is 0 Å². The highest BCUT2D eigenvalue weighted by Crippen LogP contribution is 2.49. The topological polar surface area (TPSA) is 100 Å². The molecule has 0 amide bonds. The lowest BCUT2D eigenvalue weighted by atomic mass is 9.96. The van der Waals surface area contributed by atoms with Crippen molar-refractivity contribution in [3.8, 4) is 44.7 Å². The Labute approximate surface area is 343 Å². The Morgan fingerprint density at radius 2 is 1.65 bits per heavy atom. The van der Waals surface area contributed by atoms with Crippen molar-refractivity contribution in [2.75, 3.05) is 0 Å². The van der Waals surface area contributed by atoms with Crippen LogP contribution in [-0.4, -0.2) is 41.1 Å². The maximum Gasteiger partial charge on any atom is 0.348 e. The standard InChI is InChI=1S/C45H48ClFN2O6SSi/c1-27-33(20-21-34(50)39(27)46)37-38-41(48-26-49-42(38)56-40(37)29-15-17-31(47)18-16-29)53-36(43(51)54-44(2,3)4)24-30-23-32(55-57(8,9)45(5,6)7)19-22-35(30)52-25-28-13-11-10-12-14-28/h10-23,26,36,50H,24-25H2,1-9H3/t36-/m1/s1. The van der Waals surface area contributed by atoms with E-state index in [2.05, 4.69) is 43.8 Å². The molecule has 2 aromatic heterocycles. The van der Waals surface area contributed by atoms with Crippen LogP contribution >= 0.6 is 22.9 Å². The molecule has 0 aliphatic heterocycles. The van der Waals surface area contributed by atoms with E-state index in [0.717, 1.165) is 16.0 Å². The number of nitrogens with zero attached hydrogens (tertiary/aromatic N) is 2. The van der Waals surface area contributed by atoms with Crippen molar-refractivity contribution in [2.24, 2.45) is 0 Å². The van der Waals surface area contributed by atoms with Crippen LogP contribution in [0.15, 0.2) is 91.3 Å². The van der Waals surface area contributed by atoms with Gasteiger partial charge in [-0.25, -0.2) is 19.2 Å². The van der Waals surface area contributed by atoms with E-state index in [9.17, 15) is 14.3 Å². The van der Waals surface area contributed by atoms with E-state index in [0.29, 0.717) is 50.6 Å². The lowest BCUT2D eigenvalue weighted by Crippen LogP contribution is -2.43. The third-order valence-corrected chi connectivity index (χ3v) is 16.0. The minimum absolute atomic E-state index is 0.0492. The third-order valence-electron chi connectivity index (χ3n) is 9.97. The zero-order chi connectivity index (χ0) is 41.3. The maximum absolute atomic E-state index is 14.3. The molecule has 6 rings (SSSR count). The number of phenolic OH excluding ortho intramolecular Hbond substituents is 1. The number of ether oxygens (including phenoxy) is 3. The first kappa shape index (κ1) is 41.7. The summed E-state index contributed by atoms with van der Waals surface area (Å²) in [6.07, 6.45) is 0.237. The second-order valence-corrected chi connectivity index (χ2v) is 22.6. The highest BCUT2D eigenvalue weighted by molar-refractivity contribution is 7.22. The molecule has 0 unspecified atom stereocenters. The molecular weight excluding hydrogens is 779 g/mol. The molecule has 8 nitrogen and oxygen atoms in total. The summed E-state index contributed by atoms with van der Waals surface area (Å²) >= 11 is 7.97. The van der Waals surface area contributed by atoms with Crippen LogP contribution in [-0.2, 0) is 22.6 Å². The second-order valence-electron chi connectivity index (χ2n) is 16.5. The maximum atomic E-state index is 14.3. The van der Waals surface area contributed by atoms with Gasteiger partial charge in [-0.2, -0.15) is 0 Å². The number of aromatic nitrogens is 2. The highest BCUT2D eigenvalue weighted by atomic mass is 35.5. The first-order chi connectivity index (χ1) is 26.8. The van der Waals surface area contributed by atoms with Crippen LogP contribution in [0.2, 0.25) is 23.2 Å². The second kappa shape index (κ2) is 16.5. The van der Waals surface area contributed by atoms with Crippen LogP contribution in [0.5, 0.6) is 23.1 Å². The number of fused-ring (bicyclic) bond motifs is 1. The van der Waals surface area contributed by atoms with E-state index in [1.165, 1.54) is 35.9 Å². The van der Waals surface area contributed by atoms with Gasteiger partial charge in [0.25, 0.3) is 0 Å². The molecule has 0 saturated heterocycles. The number of rotatable bonds is 12. The van der Waals surface area contributed by atoms with Gasteiger partial charge in [0.2, 0.25) is 20.3 Å². The lowest BCUT2D eigenvalue weighted by molar-refractivity contribution is -0.163. The van der Waals surface area contributed by atoms with Gasteiger partial charge in [-0.05, 0) is 104 Å². The van der Waals surface area contributed by atoms with Gasteiger partial charge in [-0.1, -0.05) is 80.9 Å². The van der Waals surface area contributed by atoms with Crippen molar-refractivity contribution in [1.82, 2.24) is 9.97 Å². The molecular formula is C45H48ClFN2O6SSi. The van der Waals surface area contributed by atoms with Gasteiger partial charge in [0.1, 0.15) is 46.4 Å². The fourth-order valence-corrected chi connectivity index (χ4v) is 8.32. The number of aromatic hydroxyl groups is 1. The monoisotopic (exact) mass is 826 g/mol. The summed E-state index contributed by atoms with van der Waals surface area (Å²) in [6, 6.07) is 25.0. The number of carbonyl (C=O) groups excluding carboxylic acids is 1. The number of halogens is 2. The zero-order valence-corrected chi connectivity index (χ0v) is 36.3. The summed E-state index contributed by atoms with van der Waals surface area (Å²) in [5, 5.41) is 11.1. The molecule has 12 heteroatoms. The van der Waals surface area contributed by atoms with Crippen molar-refractivity contribution in [3.05, 3.63) is 119 Å². The molecule has 57 heavy (non-hydrogen) atoms. The van der Waals surface area contributed by atoms with Crippen LogP contribution in [0.25, 0.3) is 31.8 Å². The fourth-order valence-electron chi connectivity index (χ4n) is 5.98. The summed E-state index contributed by atoms with van der Waals surface area (Å²) < 4.78 is 40.0. The van der Waals surface area contributed by atoms with Crippen molar-refractivity contribution in [2.45, 2.75) is 91.3 Å². The number of hydrogen-bond acceptors (Lipinski definition) is 9. The van der Waals surface area contributed by atoms with Gasteiger partial charge in [0.05, 0.1) is 10.4 Å². The normalized spacial score (nSPS) is 12.7. The van der Waals surface area contributed by atoms with E-state index in [1.807, 2.05) is 48.5 Å². The molecule has 298 valence electrons. The Morgan fingerprint density at radius 3 is 2.32 bits per heavy atom. The molecule has 1 atom stereocenters. The van der Waals surface area contributed by atoms with Crippen LogP contribution in [0.3, 0.4) is 0 Å². The van der Waals surface area contributed by atoms with Crippen LogP contribution in [0.1, 0.15) is 58.2 Å². The van der Waals surface area contributed by atoms with Gasteiger partial charge in [0.15, 0.2) is 0 Å². The van der Waals surface area contributed by atoms with Crippen molar-refractivity contribution < 1.29 is 32.9 Å². The van der Waals surface area contributed by atoms with Crippen molar-refractivity contribution in [1.29, 1.82) is 0 Å². The Balaban J connectivity index is 1.50. The SMILES string of the molecule is Cc1c(-c2c(-c3ccc(F)cc3)sc3ncnc(O[C@H](Cc4cc(O[Si](C)(C)C(C)(C)C)ccc4OCc4ccccc4)C(=O)OC(C)(C)C)c23)ccc(O)c1Cl. The third kappa shape index (κ3) is 9.60. The summed E-state index contributed by atoms with van der Waals surface area (Å²) in [7, 11) is -2.25. The van der Waals surface area contributed by atoms with Crippen molar-refractivity contribution >= 4 is 47.4 Å². The summed E-state index contributed by atoms with van der Waals surface area (Å²) in [5.74, 6) is 0.331. The molecule has 0 fully saturated rings. The van der Waals surface area contributed by atoms with Gasteiger partial charge < -0.3 is 23.7 Å². The lowest BCUT2D eigenvalue weighted by Gasteiger charge is -2.36. The minimum atomic E-state index is -2.25. The number of esters is 1. The minimum Gasteiger partial charge on any atom is -0.543 e. The molecule has 4 aromatic carbocycles. The predicted molar refractivity (Wildman–Crippen MR) is 229 cm³/mol. The number of phenols is 1. The zero-order valence-electron chi connectivity index (χ0n) is 33.7. The molecule has 0 aliphatic rings. The van der Waals surface area contributed by atoms with Crippen LogP contribution in [0, 0.1) is 12.7 Å². The Kier molecular flexibility index (Phi) is 12.0. The summed E-state index contributed by atoms with van der Waals surface area (Å²) in [4.78, 5) is 24.8. The van der Waals surface area contributed by atoms with Gasteiger partial charge in [-0.3, -0.25) is 0 Å². The molecule has 2 heterocycles. The smallest absolute Gasteiger partial charge is 0.348 e. The summed E-state index contributed by atoms with van der Waals surface area (Å²) in [6.45, 7) is 18.4. The Bertz CT molecular complexity index is 2390. The van der Waals surface area contributed by atoms with E-state index in [4.69, 9.17) is 30.2 Å².